The van der Waals surface area contributed by atoms with E-state index in [9.17, 15) is 24.5 Å². The molecule has 11 nitrogen and oxygen atoms in total. The monoisotopic (exact) mass is 702 g/mol. The van der Waals surface area contributed by atoms with E-state index in [0.29, 0.717) is 39.6 Å². The van der Waals surface area contributed by atoms with Crippen molar-refractivity contribution in [2.24, 2.45) is 0 Å². The van der Waals surface area contributed by atoms with E-state index in [4.69, 9.17) is 9.47 Å². The Morgan fingerprint density at radius 2 is 1.49 bits per heavy atom. The highest BCUT2D eigenvalue weighted by molar-refractivity contribution is 8.00. The fourth-order valence-electron chi connectivity index (χ4n) is 5.00. The molecule has 5 aromatic carbocycles. The molecule has 5 aromatic rings. The van der Waals surface area contributed by atoms with Crippen molar-refractivity contribution in [2.45, 2.75) is 17.1 Å². The summed E-state index contributed by atoms with van der Waals surface area (Å²) in [5.41, 5.74) is 3.03. The van der Waals surface area contributed by atoms with Crippen LogP contribution in [0.4, 0.5) is 17.1 Å². The minimum Gasteiger partial charge on any atom is -0.497 e. The highest BCUT2D eigenvalue weighted by Gasteiger charge is 2.24. The number of non-ortho nitro benzene ring substituents is 1. The van der Waals surface area contributed by atoms with Crippen molar-refractivity contribution in [3.05, 3.63) is 159 Å². The number of methoxy groups -OCH3 is 2. The normalized spacial score (nSPS) is 11.5. The summed E-state index contributed by atoms with van der Waals surface area (Å²) >= 11 is 1.31. The van der Waals surface area contributed by atoms with E-state index in [1.807, 2.05) is 30.3 Å². The highest BCUT2D eigenvalue weighted by atomic mass is 32.2. The Hall–Kier alpha value is -6.40. The number of aryl methyl sites for hydroxylation is 1. The zero-order valence-corrected chi connectivity index (χ0v) is 28.7. The average molecular weight is 703 g/mol. The molecule has 0 aromatic heterocycles. The number of rotatable bonds is 13. The first kappa shape index (κ1) is 35.9. The first-order chi connectivity index (χ1) is 24.6. The van der Waals surface area contributed by atoms with Crippen molar-refractivity contribution in [3.8, 4) is 11.5 Å². The number of thioether (sulfide) groups is 1. The van der Waals surface area contributed by atoms with Crippen molar-refractivity contribution in [3.63, 3.8) is 0 Å². The Labute approximate surface area is 298 Å². The third-order valence-corrected chi connectivity index (χ3v) is 8.92. The van der Waals surface area contributed by atoms with Crippen molar-refractivity contribution in [1.82, 2.24) is 5.32 Å². The molecule has 0 aliphatic rings. The summed E-state index contributed by atoms with van der Waals surface area (Å²) in [6.07, 6.45) is 1.51. The number of hydrogen-bond acceptors (Lipinski definition) is 8. The lowest BCUT2D eigenvalue weighted by Crippen LogP contribution is -2.30. The van der Waals surface area contributed by atoms with Crippen LogP contribution in [0.25, 0.3) is 6.08 Å². The second-order valence-electron chi connectivity index (χ2n) is 11.1. The highest BCUT2D eigenvalue weighted by Crippen LogP contribution is 2.37. The number of amides is 3. The number of nitro benzene ring substituents is 1. The summed E-state index contributed by atoms with van der Waals surface area (Å²) in [5, 5.41) is 19.0. The molecule has 0 spiro atoms. The maximum Gasteiger partial charge on any atom is 0.272 e. The average Bonchev–Trinajstić information content (AvgIpc) is 3.15. The Kier molecular flexibility index (Phi) is 11.8. The van der Waals surface area contributed by atoms with E-state index in [1.165, 1.54) is 50.3 Å². The fraction of sp³-hybridized carbons (Fsp3) is 0.103. The van der Waals surface area contributed by atoms with Crippen LogP contribution in [0.15, 0.2) is 132 Å². The number of anilines is 2. The van der Waals surface area contributed by atoms with Gasteiger partial charge in [0, 0.05) is 39.5 Å². The van der Waals surface area contributed by atoms with E-state index in [2.05, 4.69) is 16.0 Å². The van der Waals surface area contributed by atoms with Crippen molar-refractivity contribution >= 4 is 52.6 Å². The topological polar surface area (TPSA) is 149 Å². The summed E-state index contributed by atoms with van der Waals surface area (Å²) in [6, 6.07) is 34.1. The van der Waals surface area contributed by atoms with Crippen LogP contribution < -0.4 is 25.4 Å². The van der Waals surface area contributed by atoms with Crippen LogP contribution in [0.2, 0.25) is 0 Å². The summed E-state index contributed by atoms with van der Waals surface area (Å²) in [4.78, 5) is 51.9. The number of nitrogens with zero attached hydrogens (tertiary/aromatic N) is 1. The lowest BCUT2D eigenvalue weighted by atomic mass is 10.1. The van der Waals surface area contributed by atoms with Crippen molar-refractivity contribution < 1.29 is 28.8 Å². The third-order valence-electron chi connectivity index (χ3n) is 7.65. The van der Waals surface area contributed by atoms with Crippen LogP contribution >= 0.6 is 11.8 Å². The van der Waals surface area contributed by atoms with Crippen LogP contribution in [0.1, 0.15) is 32.3 Å². The zero-order chi connectivity index (χ0) is 36.3. The second kappa shape index (κ2) is 16.8. The molecule has 258 valence electrons. The molecule has 5 rings (SSSR count). The predicted octanol–water partition coefficient (Wildman–Crippen LogP) is 7.80. The zero-order valence-electron chi connectivity index (χ0n) is 27.9. The fourth-order valence-corrected chi connectivity index (χ4v) is 6.03. The minimum atomic E-state index is -0.665. The van der Waals surface area contributed by atoms with Gasteiger partial charge in [-0.1, -0.05) is 48.5 Å². The van der Waals surface area contributed by atoms with Crippen molar-refractivity contribution in [1.29, 1.82) is 0 Å². The van der Waals surface area contributed by atoms with Crippen LogP contribution in [0.5, 0.6) is 11.5 Å². The largest absolute Gasteiger partial charge is 0.497 e. The van der Waals surface area contributed by atoms with Gasteiger partial charge in [0.15, 0.2) is 0 Å². The molecule has 1 unspecified atom stereocenters. The first-order valence-corrected chi connectivity index (χ1v) is 16.5. The number of carbonyl (C=O) groups is 3. The third kappa shape index (κ3) is 9.40. The molecule has 0 fully saturated rings. The Balaban J connectivity index is 1.36. The molecule has 0 bridgehead atoms. The number of nitro groups is 1. The molecule has 0 radical (unpaired) electrons. The van der Waals surface area contributed by atoms with Gasteiger partial charge >= 0.3 is 0 Å². The van der Waals surface area contributed by atoms with Gasteiger partial charge in [0.25, 0.3) is 17.5 Å². The molecule has 0 saturated heterocycles. The second-order valence-corrected chi connectivity index (χ2v) is 12.3. The summed E-state index contributed by atoms with van der Waals surface area (Å²) in [7, 11) is 3.03. The van der Waals surface area contributed by atoms with Gasteiger partial charge in [-0.05, 0) is 84.8 Å². The summed E-state index contributed by atoms with van der Waals surface area (Å²) in [6.45, 7) is 1.70. The Bertz CT molecular complexity index is 2070. The minimum absolute atomic E-state index is 0.0313. The Morgan fingerprint density at radius 3 is 2.12 bits per heavy atom. The van der Waals surface area contributed by atoms with E-state index in [0.717, 1.165) is 10.5 Å². The molecule has 0 aliphatic carbocycles. The molecule has 1 atom stereocenters. The number of benzene rings is 5. The quantitative estimate of drug-likeness (QED) is 0.0487. The SMILES string of the molecule is COc1ccc(OC)c(/C=C(\NC(=O)c2ccccc2)C(=O)Nc2ccc(SC(C(=O)Nc3ccc([N+](=O)[O-])cc3C)c3ccccc3)cc2)c1. The van der Waals surface area contributed by atoms with Crippen LogP contribution in [0, 0.1) is 17.0 Å². The molecule has 0 saturated carbocycles. The molecular formula is C39H34N4O7S. The molecular weight excluding hydrogens is 669 g/mol. The number of hydrogen-bond donors (Lipinski definition) is 3. The van der Waals surface area contributed by atoms with Crippen LogP contribution in [-0.4, -0.2) is 36.9 Å². The number of nitrogens with one attached hydrogen (secondary N) is 3. The van der Waals surface area contributed by atoms with E-state index < -0.39 is 22.0 Å². The van der Waals surface area contributed by atoms with Crippen LogP contribution in [0.3, 0.4) is 0 Å². The lowest BCUT2D eigenvalue weighted by molar-refractivity contribution is -0.384. The standard InChI is InChI=1S/C39H34N4O7S/c1-25-22-30(43(47)48)16-20-33(25)41-39(46)36(26-10-6-4-7-11-26)51-32-18-14-29(15-19-32)40-38(45)34(42-37(44)27-12-8-5-9-13-27)24-28-23-31(49-2)17-21-35(28)50-3/h4-24,36H,1-3H3,(H,40,45)(H,41,46)(H,42,44)/b34-24-. The Morgan fingerprint density at radius 1 is 0.804 bits per heavy atom. The predicted molar refractivity (Wildman–Crippen MR) is 198 cm³/mol. The van der Waals surface area contributed by atoms with Gasteiger partial charge in [-0.25, -0.2) is 0 Å². The maximum absolute atomic E-state index is 13.7. The van der Waals surface area contributed by atoms with Gasteiger partial charge in [0.1, 0.15) is 22.4 Å². The van der Waals surface area contributed by atoms with Gasteiger partial charge in [-0.2, -0.15) is 0 Å². The number of ether oxygens (including phenoxy) is 2. The summed E-state index contributed by atoms with van der Waals surface area (Å²) in [5.74, 6) is -0.353. The van der Waals surface area contributed by atoms with E-state index in [1.54, 1.807) is 79.7 Å². The maximum atomic E-state index is 13.7. The van der Waals surface area contributed by atoms with Gasteiger partial charge in [-0.3, -0.25) is 24.5 Å². The molecule has 12 heteroatoms. The van der Waals surface area contributed by atoms with Gasteiger partial charge in [0.05, 0.1) is 19.1 Å². The summed E-state index contributed by atoms with van der Waals surface area (Å²) < 4.78 is 10.8. The number of carbonyl (C=O) groups excluding carboxylic acids is 3. The van der Waals surface area contributed by atoms with Gasteiger partial charge in [-0.15, -0.1) is 11.8 Å². The first-order valence-electron chi connectivity index (χ1n) is 15.6. The van der Waals surface area contributed by atoms with Crippen LogP contribution in [-0.2, 0) is 9.59 Å². The van der Waals surface area contributed by atoms with E-state index >= 15 is 0 Å². The molecule has 51 heavy (non-hydrogen) atoms. The molecule has 3 N–H and O–H groups in total. The lowest BCUT2D eigenvalue weighted by Gasteiger charge is -2.18. The smallest absolute Gasteiger partial charge is 0.272 e. The molecule has 0 aliphatic heterocycles. The molecule has 3 amide bonds. The van der Waals surface area contributed by atoms with Crippen molar-refractivity contribution in [2.75, 3.05) is 24.9 Å². The molecule has 0 heterocycles. The van der Waals surface area contributed by atoms with E-state index in [-0.39, 0.29) is 17.3 Å². The van der Waals surface area contributed by atoms with Gasteiger partial charge < -0.3 is 25.4 Å². The van der Waals surface area contributed by atoms with Gasteiger partial charge in [0.2, 0.25) is 5.91 Å².